The summed E-state index contributed by atoms with van der Waals surface area (Å²) in [5, 5.41) is 13.5. The van der Waals surface area contributed by atoms with Gasteiger partial charge in [-0.05, 0) is 57.9 Å². The maximum absolute atomic E-state index is 12.3. The number of hydrogen-bond donors (Lipinski definition) is 4. The lowest BCUT2D eigenvalue weighted by Gasteiger charge is -2.33. The molecule has 1 aromatic heterocycles. The summed E-state index contributed by atoms with van der Waals surface area (Å²) in [4.78, 5) is 22.9. The molecule has 2 aromatic carbocycles. The normalized spacial score (nSPS) is 14.0. The third kappa shape index (κ3) is 9.74. The zero-order valence-corrected chi connectivity index (χ0v) is 28.6. The Morgan fingerprint density at radius 3 is 2.48 bits per heavy atom. The highest BCUT2D eigenvalue weighted by Gasteiger charge is 2.26. The number of methoxy groups -OCH3 is 1. The summed E-state index contributed by atoms with van der Waals surface area (Å²) in [6.45, 7) is 8.44. The molecule has 0 atom stereocenters. The molecule has 3 aromatic rings. The number of para-hydroxylation sites is 2. The summed E-state index contributed by atoms with van der Waals surface area (Å²) in [5.41, 5.74) is 1.99. The van der Waals surface area contributed by atoms with Crippen LogP contribution in [0.1, 0.15) is 33.6 Å². The van der Waals surface area contributed by atoms with Crippen LogP contribution in [-0.4, -0.2) is 87.6 Å². The average Bonchev–Trinajstić information content (AvgIpc) is 3.00. The zero-order valence-electron chi connectivity index (χ0n) is 27.1. The molecule has 15 heteroatoms. The molecule has 0 spiro atoms. The fraction of sp³-hybridized carbons (Fsp3) is 0.452. The summed E-state index contributed by atoms with van der Waals surface area (Å²) >= 11 is 6.39. The van der Waals surface area contributed by atoms with Crippen LogP contribution in [0, 0.1) is 0 Å². The Bertz CT molecular complexity index is 1610. The van der Waals surface area contributed by atoms with Gasteiger partial charge in [0.2, 0.25) is 16.0 Å². The number of nitrogens with one attached hydrogen (secondary N) is 4. The first-order valence-corrected chi connectivity index (χ1v) is 17.2. The van der Waals surface area contributed by atoms with Gasteiger partial charge in [-0.2, -0.15) is 4.98 Å². The third-order valence-corrected chi connectivity index (χ3v) is 8.69. The van der Waals surface area contributed by atoms with Gasteiger partial charge in [-0.1, -0.05) is 23.7 Å². The van der Waals surface area contributed by atoms with E-state index >= 15 is 0 Å². The summed E-state index contributed by atoms with van der Waals surface area (Å²) < 4.78 is 36.6. The molecule has 1 fully saturated rings. The number of aromatic nitrogens is 2. The molecule has 4 N–H and O–H groups in total. The van der Waals surface area contributed by atoms with Crippen LogP contribution in [0.25, 0.3) is 0 Å². The van der Waals surface area contributed by atoms with Gasteiger partial charge in [-0.3, -0.25) is 4.31 Å². The van der Waals surface area contributed by atoms with Crippen LogP contribution in [-0.2, 0) is 14.8 Å². The van der Waals surface area contributed by atoms with Crippen LogP contribution in [0.3, 0.4) is 0 Å². The number of likely N-dealkylation sites (tertiary alicyclic amines) is 1. The van der Waals surface area contributed by atoms with Crippen LogP contribution >= 0.6 is 11.6 Å². The number of carbonyl (C=O) groups is 1. The zero-order chi connectivity index (χ0) is 33.5. The Hall–Kier alpha value is -4.01. The van der Waals surface area contributed by atoms with Crippen molar-refractivity contribution < 1.29 is 22.7 Å². The number of rotatable bonds is 12. The molecular weight excluding hydrogens is 632 g/mol. The number of carbonyl (C=O) groups excluding carboxylic acids is 1. The molecule has 46 heavy (non-hydrogen) atoms. The molecule has 1 aliphatic heterocycles. The van der Waals surface area contributed by atoms with Gasteiger partial charge in [-0.15, -0.1) is 0 Å². The van der Waals surface area contributed by atoms with Crippen LogP contribution < -0.4 is 30.3 Å². The highest BCUT2D eigenvalue weighted by atomic mass is 35.5. The largest absolute Gasteiger partial charge is 0.494 e. The lowest BCUT2D eigenvalue weighted by Crippen LogP contribution is -2.47. The van der Waals surface area contributed by atoms with E-state index in [1.54, 1.807) is 36.3 Å². The number of ether oxygens (including phenoxy) is 2. The summed E-state index contributed by atoms with van der Waals surface area (Å²) in [6.07, 6.45) is 4.09. The highest BCUT2D eigenvalue weighted by Crippen LogP contribution is 2.33. The van der Waals surface area contributed by atoms with Crippen LogP contribution in [0.2, 0.25) is 5.02 Å². The molecule has 1 aliphatic rings. The first kappa shape index (κ1) is 34.9. The minimum atomic E-state index is -3.49. The van der Waals surface area contributed by atoms with Crippen molar-refractivity contribution in [2.24, 2.45) is 0 Å². The highest BCUT2D eigenvalue weighted by molar-refractivity contribution is 7.92. The van der Waals surface area contributed by atoms with Crippen molar-refractivity contribution in [3.8, 4) is 5.75 Å². The van der Waals surface area contributed by atoms with E-state index in [1.807, 2.05) is 39.0 Å². The van der Waals surface area contributed by atoms with Crippen molar-refractivity contribution in [3.05, 3.63) is 53.7 Å². The Morgan fingerprint density at radius 2 is 1.80 bits per heavy atom. The van der Waals surface area contributed by atoms with E-state index in [9.17, 15) is 13.2 Å². The Kier molecular flexibility index (Phi) is 11.4. The third-order valence-electron chi connectivity index (χ3n) is 7.22. The Labute approximate surface area is 276 Å². The summed E-state index contributed by atoms with van der Waals surface area (Å²) in [7, 11) is -0.425. The first-order valence-electron chi connectivity index (χ1n) is 15.0. The molecule has 0 bridgehead atoms. The average molecular weight is 675 g/mol. The Morgan fingerprint density at radius 1 is 1.09 bits per heavy atom. The Balaban J connectivity index is 1.32. The van der Waals surface area contributed by atoms with Gasteiger partial charge in [-0.25, -0.2) is 18.2 Å². The van der Waals surface area contributed by atoms with Gasteiger partial charge >= 0.3 is 6.09 Å². The van der Waals surface area contributed by atoms with Gasteiger partial charge in [0.05, 0.1) is 36.6 Å². The number of sulfonamides is 1. The van der Waals surface area contributed by atoms with Crippen molar-refractivity contribution in [1.82, 2.24) is 20.2 Å². The first-order chi connectivity index (χ1) is 21.7. The molecule has 0 unspecified atom stereocenters. The molecular formula is C31H43ClN8O5S. The van der Waals surface area contributed by atoms with E-state index in [4.69, 9.17) is 21.1 Å². The molecule has 1 saturated heterocycles. The minimum Gasteiger partial charge on any atom is -0.494 e. The maximum Gasteiger partial charge on any atom is 0.410 e. The summed E-state index contributed by atoms with van der Waals surface area (Å²) in [5.74, 6) is 1.15. The smallest absolute Gasteiger partial charge is 0.410 e. The van der Waals surface area contributed by atoms with E-state index in [-0.39, 0.29) is 17.1 Å². The number of benzene rings is 2. The van der Waals surface area contributed by atoms with Gasteiger partial charge in [0, 0.05) is 51.0 Å². The topological polar surface area (TPSA) is 150 Å². The second-order valence-electron chi connectivity index (χ2n) is 11.9. The van der Waals surface area contributed by atoms with E-state index in [1.165, 1.54) is 17.5 Å². The van der Waals surface area contributed by atoms with Crippen molar-refractivity contribution in [3.63, 3.8) is 0 Å². The molecule has 250 valence electrons. The van der Waals surface area contributed by atoms with Crippen molar-refractivity contribution in [2.75, 3.05) is 66.8 Å². The number of nitrogens with zero attached hydrogens (tertiary/aromatic N) is 4. The standard InChI is InChI=1S/C31H43ClN8O5S/c1-31(2,3)45-30(41)40-17-13-21(14-18-40)33-15-16-34-22-11-12-25(27(19-22)44-5)37-29-35-20-23(32)28(38-29)36-24-9-7-8-10-26(24)39(4)46(6,42)43/h7-12,19-21,33-34H,13-18H2,1-6H3,(H2,35,36,37,38). The fourth-order valence-electron chi connectivity index (χ4n) is 4.78. The minimum absolute atomic E-state index is 0.250. The van der Waals surface area contributed by atoms with Crippen molar-refractivity contribution >= 4 is 62.2 Å². The number of amides is 1. The number of halogens is 1. The fourth-order valence-corrected chi connectivity index (χ4v) is 5.43. The van der Waals surface area contributed by atoms with E-state index < -0.39 is 15.6 Å². The molecule has 1 amide bonds. The van der Waals surface area contributed by atoms with E-state index in [0.29, 0.717) is 54.3 Å². The molecule has 4 rings (SSSR count). The predicted molar refractivity (Wildman–Crippen MR) is 184 cm³/mol. The monoisotopic (exact) mass is 674 g/mol. The predicted octanol–water partition coefficient (Wildman–Crippen LogP) is 5.42. The van der Waals surface area contributed by atoms with Gasteiger partial charge in [0.1, 0.15) is 16.4 Å². The van der Waals surface area contributed by atoms with Crippen LogP contribution in [0.5, 0.6) is 5.75 Å². The number of piperidine rings is 1. The number of anilines is 6. The lowest BCUT2D eigenvalue weighted by atomic mass is 10.1. The molecule has 0 saturated carbocycles. The van der Waals surface area contributed by atoms with E-state index in [0.717, 1.165) is 31.3 Å². The van der Waals surface area contributed by atoms with Crippen molar-refractivity contribution in [2.45, 2.75) is 45.3 Å². The van der Waals surface area contributed by atoms with E-state index in [2.05, 4.69) is 31.2 Å². The molecule has 0 aliphatic carbocycles. The second kappa shape index (κ2) is 15.1. The van der Waals surface area contributed by atoms with Crippen LogP contribution in [0.15, 0.2) is 48.7 Å². The molecule has 2 heterocycles. The van der Waals surface area contributed by atoms with Gasteiger partial charge < -0.3 is 35.6 Å². The van der Waals surface area contributed by atoms with Crippen molar-refractivity contribution in [1.29, 1.82) is 0 Å². The number of hydrogen-bond acceptors (Lipinski definition) is 11. The quantitative estimate of drug-likeness (QED) is 0.182. The second-order valence-corrected chi connectivity index (χ2v) is 14.3. The molecule has 13 nitrogen and oxygen atoms in total. The lowest BCUT2D eigenvalue weighted by molar-refractivity contribution is 0.0199. The van der Waals surface area contributed by atoms with Gasteiger partial charge in [0.25, 0.3) is 0 Å². The van der Waals surface area contributed by atoms with Crippen LogP contribution in [0.4, 0.5) is 39.3 Å². The van der Waals surface area contributed by atoms with Gasteiger partial charge in [0.15, 0.2) is 5.82 Å². The summed E-state index contributed by atoms with van der Waals surface area (Å²) in [6, 6.07) is 13.0. The maximum atomic E-state index is 12.3. The SMILES string of the molecule is COc1cc(NCCNC2CCN(C(=O)OC(C)(C)C)CC2)ccc1Nc1ncc(Cl)c(Nc2ccccc2N(C)S(C)(=O)=O)n1. The molecule has 0 radical (unpaired) electrons.